The number of rotatable bonds is 9. The van der Waals surface area contributed by atoms with Crippen LogP contribution in [0, 0.1) is 12.8 Å². The fraction of sp³-hybridized carbons (Fsp3) is 0.667. The second kappa shape index (κ2) is 11.5. The molecule has 1 fully saturated rings. The van der Waals surface area contributed by atoms with Crippen molar-refractivity contribution in [2.24, 2.45) is 10.9 Å². The van der Waals surface area contributed by atoms with E-state index in [9.17, 15) is 8.42 Å². The van der Waals surface area contributed by atoms with E-state index in [2.05, 4.69) is 27.4 Å². The Morgan fingerprint density at radius 2 is 2.00 bits per heavy atom. The summed E-state index contributed by atoms with van der Waals surface area (Å²) in [4.78, 5) is 7.52. The second-order valence-corrected chi connectivity index (χ2v) is 9.71. The number of benzene rings is 1. The number of nitrogens with zero attached hydrogens (tertiary/aromatic N) is 2. The van der Waals surface area contributed by atoms with E-state index in [0.717, 1.165) is 56.4 Å². The van der Waals surface area contributed by atoms with Gasteiger partial charge < -0.3 is 20.3 Å². The summed E-state index contributed by atoms with van der Waals surface area (Å²) in [7, 11) is -1.44. The van der Waals surface area contributed by atoms with Crippen LogP contribution in [0.1, 0.15) is 30.9 Å². The molecule has 7 nitrogen and oxygen atoms in total. The fourth-order valence-electron chi connectivity index (χ4n) is 3.61. The van der Waals surface area contributed by atoms with Crippen molar-refractivity contribution in [3.63, 3.8) is 0 Å². The second-order valence-electron chi connectivity index (χ2n) is 7.73. The number of methoxy groups -OCH3 is 1. The van der Waals surface area contributed by atoms with E-state index in [4.69, 9.17) is 4.74 Å². The normalized spacial score (nSPS) is 16.8. The molecule has 29 heavy (non-hydrogen) atoms. The van der Waals surface area contributed by atoms with E-state index in [1.54, 1.807) is 13.2 Å². The zero-order valence-corrected chi connectivity index (χ0v) is 19.0. The predicted octanol–water partition coefficient (Wildman–Crippen LogP) is 1.81. The van der Waals surface area contributed by atoms with Crippen molar-refractivity contribution in [3.05, 3.63) is 29.3 Å². The van der Waals surface area contributed by atoms with Crippen LogP contribution in [0.2, 0.25) is 0 Å². The van der Waals surface area contributed by atoms with E-state index < -0.39 is 9.84 Å². The van der Waals surface area contributed by atoms with Crippen molar-refractivity contribution < 1.29 is 13.2 Å². The highest BCUT2D eigenvalue weighted by molar-refractivity contribution is 7.90. The number of hydrogen-bond donors (Lipinski definition) is 2. The van der Waals surface area contributed by atoms with Crippen molar-refractivity contribution >= 4 is 15.8 Å². The monoisotopic (exact) mass is 424 g/mol. The molecular formula is C21H36N4O3S. The smallest absolute Gasteiger partial charge is 0.191 e. The van der Waals surface area contributed by atoms with E-state index in [1.807, 2.05) is 19.1 Å². The zero-order valence-electron chi connectivity index (χ0n) is 18.2. The molecule has 1 saturated heterocycles. The van der Waals surface area contributed by atoms with Gasteiger partial charge in [0.15, 0.2) is 15.8 Å². The highest BCUT2D eigenvalue weighted by Crippen LogP contribution is 2.18. The van der Waals surface area contributed by atoms with Crippen LogP contribution in [0.5, 0.6) is 0 Å². The van der Waals surface area contributed by atoms with Gasteiger partial charge in [0, 0.05) is 33.0 Å². The van der Waals surface area contributed by atoms with Crippen LogP contribution in [0.3, 0.4) is 0 Å². The minimum Gasteiger partial charge on any atom is -0.383 e. The first kappa shape index (κ1) is 23.6. The third-order valence-corrected chi connectivity index (χ3v) is 6.54. The minimum absolute atomic E-state index is 0.382. The number of aryl methyl sites for hydroxylation is 1. The van der Waals surface area contributed by atoms with Gasteiger partial charge in [0.1, 0.15) is 0 Å². The molecule has 0 amide bonds. The molecule has 0 bridgehead atoms. The molecule has 164 valence electrons. The molecule has 1 heterocycles. The van der Waals surface area contributed by atoms with Gasteiger partial charge in [-0.2, -0.15) is 0 Å². The Morgan fingerprint density at radius 1 is 1.28 bits per heavy atom. The van der Waals surface area contributed by atoms with Crippen molar-refractivity contribution in [1.82, 2.24) is 15.5 Å². The SMILES string of the molecule is CCNC(=NCc1ccc(S(C)(=O)=O)c(C)c1)NCC1CCN(CCOC)CC1. The summed E-state index contributed by atoms with van der Waals surface area (Å²) in [6, 6.07) is 5.42. The largest absolute Gasteiger partial charge is 0.383 e. The molecule has 0 radical (unpaired) electrons. The quantitative estimate of drug-likeness (QED) is 0.465. The molecule has 0 unspecified atom stereocenters. The summed E-state index contributed by atoms with van der Waals surface area (Å²) in [5, 5.41) is 6.76. The molecule has 1 aliphatic heterocycles. The molecule has 0 spiro atoms. The Hall–Kier alpha value is -1.64. The average molecular weight is 425 g/mol. The first-order valence-electron chi connectivity index (χ1n) is 10.4. The number of ether oxygens (including phenoxy) is 1. The molecule has 2 rings (SSSR count). The van der Waals surface area contributed by atoms with Crippen LogP contribution >= 0.6 is 0 Å². The van der Waals surface area contributed by atoms with Crippen LogP contribution in [0.25, 0.3) is 0 Å². The van der Waals surface area contributed by atoms with Crippen LogP contribution in [-0.4, -0.2) is 72.0 Å². The Kier molecular flexibility index (Phi) is 9.39. The highest BCUT2D eigenvalue weighted by Gasteiger charge is 2.19. The van der Waals surface area contributed by atoms with Gasteiger partial charge in [-0.1, -0.05) is 12.1 Å². The number of piperidine rings is 1. The van der Waals surface area contributed by atoms with E-state index in [1.165, 1.54) is 19.1 Å². The lowest BCUT2D eigenvalue weighted by Gasteiger charge is -2.32. The molecule has 2 N–H and O–H groups in total. The van der Waals surface area contributed by atoms with E-state index in [0.29, 0.717) is 17.4 Å². The van der Waals surface area contributed by atoms with Crippen LogP contribution < -0.4 is 10.6 Å². The molecular weight excluding hydrogens is 388 g/mol. The summed E-state index contributed by atoms with van der Waals surface area (Å²) in [6.07, 6.45) is 3.60. The Morgan fingerprint density at radius 3 is 2.59 bits per heavy atom. The molecule has 0 aliphatic carbocycles. The molecule has 0 aromatic heterocycles. The topological polar surface area (TPSA) is 83.0 Å². The number of likely N-dealkylation sites (tertiary alicyclic amines) is 1. The van der Waals surface area contributed by atoms with Crippen molar-refractivity contribution in [2.75, 3.05) is 52.7 Å². The molecule has 1 aromatic carbocycles. The Balaban J connectivity index is 1.88. The van der Waals surface area contributed by atoms with Crippen LogP contribution in [0.15, 0.2) is 28.1 Å². The maximum atomic E-state index is 11.8. The summed E-state index contributed by atoms with van der Waals surface area (Å²) >= 11 is 0. The molecule has 0 atom stereocenters. The third-order valence-electron chi connectivity index (χ3n) is 5.28. The first-order valence-corrected chi connectivity index (χ1v) is 12.3. The van der Waals surface area contributed by atoms with Gasteiger partial charge in [0.2, 0.25) is 0 Å². The lowest BCUT2D eigenvalue weighted by Crippen LogP contribution is -2.43. The minimum atomic E-state index is -3.19. The van der Waals surface area contributed by atoms with Crippen molar-refractivity contribution in [3.8, 4) is 0 Å². The zero-order chi connectivity index (χ0) is 21.3. The van der Waals surface area contributed by atoms with Gasteiger partial charge in [0.05, 0.1) is 18.0 Å². The van der Waals surface area contributed by atoms with E-state index >= 15 is 0 Å². The number of sulfone groups is 1. The standard InChI is InChI=1S/C21H36N4O3S/c1-5-22-21(23-15-18-8-10-25(11-9-18)12-13-28-3)24-16-19-6-7-20(17(2)14-19)29(4,26)27/h6-7,14,18H,5,8-13,15-16H2,1-4H3,(H2,22,23,24). The van der Waals surface area contributed by atoms with Gasteiger partial charge in [0.25, 0.3) is 0 Å². The van der Waals surface area contributed by atoms with Crippen molar-refractivity contribution in [2.45, 2.75) is 38.1 Å². The van der Waals surface area contributed by atoms with Gasteiger partial charge in [-0.15, -0.1) is 0 Å². The van der Waals surface area contributed by atoms with Crippen LogP contribution in [-0.2, 0) is 21.1 Å². The predicted molar refractivity (Wildman–Crippen MR) is 118 cm³/mol. The summed E-state index contributed by atoms with van der Waals surface area (Å²) < 4.78 is 28.7. The highest BCUT2D eigenvalue weighted by atomic mass is 32.2. The summed E-state index contributed by atoms with van der Waals surface area (Å²) in [5.74, 6) is 1.45. The number of aliphatic imine (C=N–C) groups is 1. The Labute approximate surface area is 175 Å². The maximum Gasteiger partial charge on any atom is 0.191 e. The molecule has 8 heteroatoms. The van der Waals surface area contributed by atoms with Gasteiger partial charge >= 0.3 is 0 Å². The lowest BCUT2D eigenvalue weighted by molar-refractivity contribution is 0.121. The Bertz CT molecular complexity index is 772. The summed E-state index contributed by atoms with van der Waals surface area (Å²) in [6.45, 7) is 10.1. The molecule has 1 aliphatic rings. The fourth-order valence-corrected chi connectivity index (χ4v) is 4.57. The number of hydrogen-bond acceptors (Lipinski definition) is 5. The van der Waals surface area contributed by atoms with Crippen molar-refractivity contribution in [1.29, 1.82) is 0 Å². The van der Waals surface area contributed by atoms with Crippen LogP contribution in [0.4, 0.5) is 0 Å². The summed E-state index contributed by atoms with van der Waals surface area (Å²) in [5.41, 5.74) is 1.76. The molecule has 0 saturated carbocycles. The number of guanidine groups is 1. The average Bonchev–Trinajstić information content (AvgIpc) is 2.68. The molecule has 1 aromatic rings. The first-order chi connectivity index (χ1) is 13.8. The van der Waals surface area contributed by atoms with Gasteiger partial charge in [-0.05, 0) is 62.9 Å². The maximum absolute atomic E-state index is 11.8. The van der Waals surface area contributed by atoms with Gasteiger partial charge in [-0.3, -0.25) is 0 Å². The van der Waals surface area contributed by atoms with Gasteiger partial charge in [-0.25, -0.2) is 13.4 Å². The van der Waals surface area contributed by atoms with E-state index in [-0.39, 0.29) is 0 Å². The lowest BCUT2D eigenvalue weighted by atomic mass is 9.97. The number of nitrogens with one attached hydrogen (secondary N) is 2. The third kappa shape index (κ3) is 7.95.